The molecule has 3 atom stereocenters. The number of hydrogen-bond acceptors (Lipinski definition) is 9. The Bertz CT molecular complexity index is 1680. The van der Waals surface area contributed by atoms with E-state index in [2.05, 4.69) is 15.0 Å². The lowest BCUT2D eigenvalue weighted by molar-refractivity contribution is -0.137. The summed E-state index contributed by atoms with van der Waals surface area (Å²) < 4.78 is 105. The van der Waals surface area contributed by atoms with Crippen molar-refractivity contribution in [1.82, 2.24) is 10.3 Å². The van der Waals surface area contributed by atoms with Gasteiger partial charge in [-0.3, -0.25) is 4.79 Å². The molecule has 252 valence electrons. The number of ether oxygens (including phenoxy) is 3. The van der Waals surface area contributed by atoms with Gasteiger partial charge < -0.3 is 24.4 Å². The average Bonchev–Trinajstić information content (AvgIpc) is 3.45. The molecule has 1 aliphatic rings. The lowest BCUT2D eigenvalue weighted by atomic mass is 10.0. The lowest BCUT2D eigenvalue weighted by Crippen LogP contribution is -2.35. The van der Waals surface area contributed by atoms with Crippen molar-refractivity contribution in [3.8, 4) is 17.7 Å². The maximum atomic E-state index is 13.3. The monoisotopic (exact) mass is 682 g/mol. The van der Waals surface area contributed by atoms with Crippen LogP contribution in [0.15, 0.2) is 65.6 Å². The SMILES string of the molecule is CCS(=O)(=O)c1ccc([C@H](CC#N)NC(=O)c2ccc(N3C[C@H](Oc4ccc(C(F)(F)F)cc4)C[C@H]3COC(F)F)nc2OC)cc1. The minimum atomic E-state index is -4.52. The molecule has 16 heteroatoms. The van der Waals surface area contributed by atoms with Gasteiger partial charge in [-0.25, -0.2) is 8.42 Å². The molecular formula is C31H31F5N4O6S. The molecule has 0 radical (unpaired) electrons. The van der Waals surface area contributed by atoms with Crippen LogP contribution in [0.2, 0.25) is 0 Å². The number of pyridine rings is 1. The van der Waals surface area contributed by atoms with E-state index in [-0.39, 0.29) is 53.0 Å². The van der Waals surface area contributed by atoms with Crippen LogP contribution in [0.25, 0.3) is 0 Å². The molecule has 1 N–H and O–H groups in total. The zero-order valence-corrected chi connectivity index (χ0v) is 26.0. The van der Waals surface area contributed by atoms with E-state index < -0.39 is 58.9 Å². The Labute approximate surface area is 268 Å². The van der Waals surface area contributed by atoms with Gasteiger partial charge in [0, 0.05) is 6.42 Å². The molecule has 2 heterocycles. The van der Waals surface area contributed by atoms with E-state index in [1.807, 2.05) is 6.07 Å². The molecule has 0 bridgehead atoms. The van der Waals surface area contributed by atoms with Gasteiger partial charge in [0.05, 0.1) is 61.0 Å². The van der Waals surface area contributed by atoms with Gasteiger partial charge in [-0.2, -0.15) is 32.2 Å². The zero-order chi connectivity index (χ0) is 34.4. The van der Waals surface area contributed by atoms with Gasteiger partial charge in [0.25, 0.3) is 5.91 Å². The molecule has 10 nitrogen and oxygen atoms in total. The van der Waals surface area contributed by atoms with Crippen molar-refractivity contribution < 1.29 is 49.4 Å². The van der Waals surface area contributed by atoms with Crippen LogP contribution in [-0.2, 0) is 20.8 Å². The van der Waals surface area contributed by atoms with Crippen LogP contribution in [0.1, 0.15) is 47.3 Å². The van der Waals surface area contributed by atoms with Gasteiger partial charge in [-0.05, 0) is 54.1 Å². The predicted octanol–water partition coefficient (Wildman–Crippen LogP) is 5.55. The topological polar surface area (TPSA) is 131 Å². The molecule has 1 saturated heterocycles. The third-order valence-electron chi connectivity index (χ3n) is 7.48. The van der Waals surface area contributed by atoms with Crippen molar-refractivity contribution in [1.29, 1.82) is 5.26 Å². The van der Waals surface area contributed by atoms with Crippen LogP contribution in [-0.4, -0.2) is 64.1 Å². The van der Waals surface area contributed by atoms with Crippen molar-refractivity contribution in [2.75, 3.05) is 30.9 Å². The Morgan fingerprint density at radius 3 is 2.36 bits per heavy atom. The lowest BCUT2D eigenvalue weighted by Gasteiger charge is -2.26. The van der Waals surface area contributed by atoms with E-state index in [4.69, 9.17) is 9.47 Å². The number of carbonyl (C=O) groups excluding carboxylic acids is 1. The zero-order valence-electron chi connectivity index (χ0n) is 25.2. The number of carbonyl (C=O) groups is 1. The summed E-state index contributed by atoms with van der Waals surface area (Å²) in [5.74, 6) is -0.446. The molecule has 4 rings (SSSR count). The summed E-state index contributed by atoms with van der Waals surface area (Å²) in [4.78, 5) is 19.5. The molecule has 0 saturated carbocycles. The highest BCUT2D eigenvalue weighted by Crippen LogP contribution is 2.33. The van der Waals surface area contributed by atoms with Crippen LogP contribution in [0.4, 0.5) is 27.8 Å². The van der Waals surface area contributed by atoms with Crippen molar-refractivity contribution in [2.45, 2.75) is 55.6 Å². The number of rotatable bonds is 13. The molecule has 2 aromatic carbocycles. The maximum absolute atomic E-state index is 13.3. The first-order chi connectivity index (χ1) is 22.2. The summed E-state index contributed by atoms with van der Waals surface area (Å²) in [6.07, 6.45) is -5.09. The highest BCUT2D eigenvalue weighted by atomic mass is 32.2. The summed E-state index contributed by atoms with van der Waals surface area (Å²) in [6.45, 7) is -1.83. The molecule has 0 spiro atoms. The van der Waals surface area contributed by atoms with Gasteiger partial charge in [0.15, 0.2) is 9.84 Å². The van der Waals surface area contributed by atoms with Crippen LogP contribution in [0.5, 0.6) is 11.6 Å². The summed E-state index contributed by atoms with van der Waals surface area (Å²) >= 11 is 0. The van der Waals surface area contributed by atoms with Crippen LogP contribution in [0.3, 0.4) is 0 Å². The minimum absolute atomic E-state index is 0.00139. The number of halogens is 5. The number of methoxy groups -OCH3 is 1. The van der Waals surface area contributed by atoms with Crippen molar-refractivity contribution in [3.63, 3.8) is 0 Å². The summed E-state index contributed by atoms with van der Waals surface area (Å²) in [5, 5.41) is 12.1. The number of hydrogen-bond donors (Lipinski definition) is 1. The first-order valence-corrected chi connectivity index (χ1v) is 16.0. The van der Waals surface area contributed by atoms with E-state index in [9.17, 15) is 40.4 Å². The second kappa shape index (κ2) is 14.9. The highest BCUT2D eigenvalue weighted by molar-refractivity contribution is 7.91. The van der Waals surface area contributed by atoms with Crippen molar-refractivity contribution in [2.24, 2.45) is 0 Å². The third kappa shape index (κ3) is 8.86. The second-order valence-corrected chi connectivity index (χ2v) is 12.8. The smallest absolute Gasteiger partial charge is 0.416 e. The van der Waals surface area contributed by atoms with Gasteiger partial charge >= 0.3 is 12.8 Å². The van der Waals surface area contributed by atoms with Crippen LogP contribution >= 0.6 is 0 Å². The molecular weight excluding hydrogens is 651 g/mol. The van der Waals surface area contributed by atoms with Crippen molar-refractivity contribution in [3.05, 3.63) is 77.4 Å². The standard InChI is InChI=1S/C31H31F5N4O6S/c1-3-47(42,43)24-10-4-19(5-11-24)26(14-15-37)38-28(41)25-12-13-27(39-29(25)44-2)40-17-23(16-21(40)18-45-30(32)33)46-22-8-6-20(7-9-22)31(34,35)36/h4-13,21,23,26,30H,3,14,16-18H2,1-2H3,(H,38,41)/t21-,23+,26-/m0/s1. The molecule has 1 aromatic heterocycles. The van der Waals surface area contributed by atoms with Gasteiger partial charge in [-0.15, -0.1) is 0 Å². The van der Waals surface area contributed by atoms with Gasteiger partial charge in [0.1, 0.15) is 23.2 Å². The third-order valence-corrected chi connectivity index (χ3v) is 9.23. The maximum Gasteiger partial charge on any atom is 0.416 e. The van der Waals surface area contributed by atoms with Gasteiger partial charge in [0.2, 0.25) is 5.88 Å². The normalized spacial score (nSPS) is 17.3. The van der Waals surface area contributed by atoms with Crippen LogP contribution in [0, 0.1) is 11.3 Å². The number of anilines is 1. The molecule has 47 heavy (non-hydrogen) atoms. The summed E-state index contributed by atoms with van der Waals surface area (Å²) in [7, 11) is -2.17. The quantitative estimate of drug-likeness (QED) is 0.231. The van der Waals surface area contributed by atoms with Crippen LogP contribution < -0.4 is 19.7 Å². The largest absolute Gasteiger partial charge is 0.489 e. The van der Waals surface area contributed by atoms with E-state index >= 15 is 0 Å². The number of alkyl halides is 5. The van der Waals surface area contributed by atoms with Gasteiger partial charge in [-0.1, -0.05) is 19.1 Å². The molecule has 1 fully saturated rings. The first-order valence-electron chi connectivity index (χ1n) is 14.3. The summed E-state index contributed by atoms with van der Waals surface area (Å²) in [6, 6.07) is 13.3. The van der Waals surface area contributed by atoms with E-state index in [1.54, 1.807) is 4.90 Å². The average molecular weight is 683 g/mol. The fourth-order valence-corrected chi connectivity index (χ4v) is 5.95. The molecule has 0 unspecified atom stereocenters. The summed E-state index contributed by atoms with van der Waals surface area (Å²) in [5.41, 5.74) is -0.348. The van der Waals surface area contributed by atoms with Crippen molar-refractivity contribution >= 4 is 21.6 Å². The van der Waals surface area contributed by atoms with E-state index in [0.717, 1.165) is 12.1 Å². The van der Waals surface area contributed by atoms with E-state index in [1.165, 1.54) is 62.6 Å². The Hall–Kier alpha value is -4.49. The van der Waals surface area contributed by atoms with E-state index in [0.29, 0.717) is 5.56 Å². The number of nitriles is 1. The highest BCUT2D eigenvalue weighted by Gasteiger charge is 2.36. The molecule has 1 amide bonds. The predicted molar refractivity (Wildman–Crippen MR) is 159 cm³/mol. The Kier molecular flexibility index (Phi) is 11.2. The Morgan fingerprint density at radius 2 is 1.79 bits per heavy atom. The molecule has 0 aliphatic carbocycles. The number of benzene rings is 2. The number of nitrogens with one attached hydrogen (secondary N) is 1. The fourth-order valence-electron chi connectivity index (χ4n) is 5.07. The fraction of sp³-hybridized carbons (Fsp3) is 0.387. The minimum Gasteiger partial charge on any atom is -0.489 e. The molecule has 3 aromatic rings. The number of aromatic nitrogens is 1. The molecule has 1 aliphatic heterocycles. The number of nitrogens with zero attached hydrogens (tertiary/aromatic N) is 3. The Balaban J connectivity index is 1.53. The number of amides is 1. The first kappa shape index (κ1) is 35.4. The number of sulfone groups is 1. The second-order valence-electron chi connectivity index (χ2n) is 10.5. The Morgan fingerprint density at radius 1 is 1.11 bits per heavy atom.